The SMILES string of the molecule is Cc1ccccc1NC(=O)/C(C#N)=C\c1cc(C)n(-c2ccc(F)c(Cl)c2)c1C. The molecule has 1 N–H and O–H groups in total. The number of hydrogen-bond donors (Lipinski definition) is 1. The van der Waals surface area contributed by atoms with Gasteiger partial charge in [0, 0.05) is 22.8 Å². The van der Waals surface area contributed by atoms with Crippen molar-refractivity contribution in [2.24, 2.45) is 0 Å². The van der Waals surface area contributed by atoms with Crippen molar-refractivity contribution in [1.29, 1.82) is 5.26 Å². The summed E-state index contributed by atoms with van der Waals surface area (Å²) in [7, 11) is 0. The topological polar surface area (TPSA) is 57.8 Å². The van der Waals surface area contributed by atoms with Crippen molar-refractivity contribution in [1.82, 2.24) is 4.57 Å². The fraction of sp³-hybridized carbons (Fsp3) is 0.130. The fourth-order valence-corrected chi connectivity index (χ4v) is 3.34. The lowest BCUT2D eigenvalue weighted by atomic mass is 10.1. The highest BCUT2D eigenvalue weighted by atomic mass is 35.5. The molecule has 146 valence electrons. The molecule has 29 heavy (non-hydrogen) atoms. The van der Waals surface area contributed by atoms with Crippen molar-refractivity contribution in [2.45, 2.75) is 20.8 Å². The second-order valence-corrected chi connectivity index (χ2v) is 7.11. The van der Waals surface area contributed by atoms with Crippen LogP contribution in [0.2, 0.25) is 5.02 Å². The summed E-state index contributed by atoms with van der Waals surface area (Å²) >= 11 is 5.92. The largest absolute Gasteiger partial charge is 0.321 e. The summed E-state index contributed by atoms with van der Waals surface area (Å²) in [5.41, 5.74) is 4.66. The molecule has 6 heteroatoms. The van der Waals surface area contributed by atoms with Crippen LogP contribution in [0.3, 0.4) is 0 Å². The highest BCUT2D eigenvalue weighted by molar-refractivity contribution is 6.30. The van der Waals surface area contributed by atoms with Crippen LogP contribution < -0.4 is 5.32 Å². The Bertz CT molecular complexity index is 1170. The molecule has 3 rings (SSSR count). The van der Waals surface area contributed by atoms with Crippen LogP contribution in [0.4, 0.5) is 10.1 Å². The number of aromatic nitrogens is 1. The van der Waals surface area contributed by atoms with Crippen LogP contribution in [0, 0.1) is 37.9 Å². The Balaban J connectivity index is 1.96. The van der Waals surface area contributed by atoms with E-state index in [9.17, 15) is 14.4 Å². The maximum absolute atomic E-state index is 13.5. The lowest BCUT2D eigenvalue weighted by Crippen LogP contribution is -2.14. The normalized spacial score (nSPS) is 11.2. The van der Waals surface area contributed by atoms with Crippen molar-refractivity contribution in [2.75, 3.05) is 5.32 Å². The number of nitrogens with one attached hydrogen (secondary N) is 1. The smallest absolute Gasteiger partial charge is 0.266 e. The first-order valence-electron chi connectivity index (χ1n) is 8.95. The molecule has 3 aromatic rings. The van der Waals surface area contributed by atoms with Crippen LogP contribution in [0.15, 0.2) is 54.1 Å². The average Bonchev–Trinajstić information content (AvgIpc) is 2.97. The van der Waals surface area contributed by atoms with Crippen LogP contribution in [-0.2, 0) is 4.79 Å². The summed E-state index contributed by atoms with van der Waals surface area (Å²) in [6.07, 6.45) is 1.55. The van der Waals surface area contributed by atoms with E-state index in [4.69, 9.17) is 11.6 Å². The van der Waals surface area contributed by atoms with Crippen molar-refractivity contribution >= 4 is 29.3 Å². The van der Waals surface area contributed by atoms with Gasteiger partial charge in [-0.25, -0.2) is 4.39 Å². The first kappa shape index (κ1) is 20.4. The Morgan fingerprint density at radius 2 is 1.90 bits per heavy atom. The number of carbonyl (C=O) groups is 1. The van der Waals surface area contributed by atoms with Gasteiger partial charge in [0.15, 0.2) is 0 Å². The zero-order chi connectivity index (χ0) is 21.1. The zero-order valence-corrected chi connectivity index (χ0v) is 17.0. The lowest BCUT2D eigenvalue weighted by Gasteiger charge is -2.10. The van der Waals surface area contributed by atoms with E-state index >= 15 is 0 Å². The number of nitriles is 1. The molecule has 0 aliphatic rings. The standard InChI is InChI=1S/C23H19ClFN3O/c1-14-6-4-5-7-22(14)27-23(29)18(13-26)11-17-10-15(2)28(16(17)3)19-8-9-21(25)20(24)12-19/h4-12H,1-3H3,(H,27,29)/b18-11-. The van der Waals surface area contributed by atoms with Gasteiger partial charge >= 0.3 is 0 Å². The van der Waals surface area contributed by atoms with Crippen LogP contribution in [0.5, 0.6) is 0 Å². The van der Waals surface area contributed by atoms with E-state index in [2.05, 4.69) is 5.32 Å². The Hall–Kier alpha value is -3.36. The predicted octanol–water partition coefficient (Wildman–Crippen LogP) is 5.74. The van der Waals surface area contributed by atoms with Crippen LogP contribution in [0.1, 0.15) is 22.5 Å². The molecule has 0 fully saturated rings. The Morgan fingerprint density at radius 3 is 2.55 bits per heavy atom. The van der Waals surface area contributed by atoms with E-state index in [1.807, 2.05) is 55.7 Å². The third-order valence-corrected chi connectivity index (χ3v) is 4.98. The molecule has 0 radical (unpaired) electrons. The average molecular weight is 408 g/mol. The first-order chi connectivity index (χ1) is 13.8. The van der Waals surface area contributed by atoms with Gasteiger partial charge in [0.25, 0.3) is 5.91 Å². The molecular formula is C23H19ClFN3O. The number of hydrogen-bond acceptors (Lipinski definition) is 2. The molecule has 0 atom stereocenters. The van der Waals surface area contributed by atoms with E-state index in [1.165, 1.54) is 6.07 Å². The maximum atomic E-state index is 13.5. The van der Waals surface area contributed by atoms with Gasteiger partial charge in [0.1, 0.15) is 17.5 Å². The number of anilines is 1. The number of rotatable bonds is 4. The molecular weight excluding hydrogens is 389 g/mol. The van der Waals surface area contributed by atoms with Gasteiger partial charge in [-0.2, -0.15) is 5.26 Å². The van der Waals surface area contributed by atoms with Gasteiger partial charge in [-0.3, -0.25) is 4.79 Å². The highest BCUT2D eigenvalue weighted by Gasteiger charge is 2.15. The molecule has 0 saturated heterocycles. The molecule has 0 spiro atoms. The van der Waals surface area contributed by atoms with Crippen LogP contribution in [0.25, 0.3) is 11.8 Å². The van der Waals surface area contributed by atoms with Crippen molar-refractivity contribution in [3.05, 3.63) is 87.5 Å². The number of amides is 1. The van der Waals surface area contributed by atoms with E-state index in [0.29, 0.717) is 11.4 Å². The monoisotopic (exact) mass is 407 g/mol. The van der Waals surface area contributed by atoms with Gasteiger partial charge in [0.05, 0.1) is 5.02 Å². The third-order valence-electron chi connectivity index (χ3n) is 4.69. The molecule has 0 bridgehead atoms. The predicted molar refractivity (Wildman–Crippen MR) is 114 cm³/mol. The Morgan fingerprint density at radius 1 is 1.17 bits per heavy atom. The summed E-state index contributed by atoms with van der Waals surface area (Å²) in [6, 6.07) is 15.7. The minimum atomic E-state index is -0.488. The minimum absolute atomic E-state index is 0.00867. The van der Waals surface area contributed by atoms with Crippen LogP contribution in [-0.4, -0.2) is 10.5 Å². The molecule has 4 nitrogen and oxygen atoms in total. The zero-order valence-electron chi connectivity index (χ0n) is 16.3. The van der Waals surface area contributed by atoms with E-state index in [1.54, 1.807) is 24.3 Å². The summed E-state index contributed by atoms with van der Waals surface area (Å²) in [5.74, 6) is -0.964. The van der Waals surface area contributed by atoms with Gasteiger partial charge in [0.2, 0.25) is 0 Å². The van der Waals surface area contributed by atoms with E-state index < -0.39 is 11.7 Å². The summed E-state index contributed by atoms with van der Waals surface area (Å²) in [4.78, 5) is 12.6. The fourth-order valence-electron chi connectivity index (χ4n) is 3.16. The first-order valence-corrected chi connectivity index (χ1v) is 9.32. The molecule has 2 aromatic carbocycles. The Kier molecular flexibility index (Phi) is 5.86. The number of halogens is 2. The minimum Gasteiger partial charge on any atom is -0.321 e. The highest BCUT2D eigenvalue weighted by Crippen LogP contribution is 2.26. The van der Waals surface area contributed by atoms with E-state index in [0.717, 1.165) is 22.5 Å². The Labute approximate surface area is 173 Å². The number of para-hydroxylation sites is 1. The van der Waals surface area contributed by atoms with Crippen LogP contribution >= 0.6 is 11.6 Å². The molecule has 0 aliphatic carbocycles. The van der Waals surface area contributed by atoms with E-state index in [-0.39, 0.29) is 10.6 Å². The molecule has 0 aliphatic heterocycles. The lowest BCUT2D eigenvalue weighted by molar-refractivity contribution is -0.112. The van der Waals surface area contributed by atoms with Crippen molar-refractivity contribution < 1.29 is 9.18 Å². The molecule has 0 saturated carbocycles. The number of nitrogens with zero attached hydrogens (tertiary/aromatic N) is 2. The summed E-state index contributed by atoms with van der Waals surface area (Å²) in [6.45, 7) is 5.64. The quantitative estimate of drug-likeness (QED) is 0.442. The molecule has 1 aromatic heterocycles. The van der Waals surface area contributed by atoms with Gasteiger partial charge in [-0.15, -0.1) is 0 Å². The second kappa shape index (κ2) is 8.34. The van der Waals surface area contributed by atoms with Gasteiger partial charge < -0.3 is 9.88 Å². The van der Waals surface area contributed by atoms with Gasteiger partial charge in [-0.1, -0.05) is 29.8 Å². The molecule has 1 heterocycles. The molecule has 0 unspecified atom stereocenters. The number of carbonyl (C=O) groups excluding carboxylic acids is 1. The molecule has 1 amide bonds. The summed E-state index contributed by atoms with van der Waals surface area (Å²) < 4.78 is 15.4. The number of benzene rings is 2. The van der Waals surface area contributed by atoms with Gasteiger partial charge in [-0.05, 0) is 68.3 Å². The number of aryl methyl sites for hydroxylation is 2. The van der Waals surface area contributed by atoms with Crippen molar-refractivity contribution in [3.8, 4) is 11.8 Å². The third kappa shape index (κ3) is 4.23. The summed E-state index contributed by atoms with van der Waals surface area (Å²) in [5, 5.41) is 12.3. The maximum Gasteiger partial charge on any atom is 0.266 e. The van der Waals surface area contributed by atoms with Crippen molar-refractivity contribution in [3.63, 3.8) is 0 Å². The second-order valence-electron chi connectivity index (χ2n) is 6.70.